The predicted molar refractivity (Wildman–Crippen MR) is 99.0 cm³/mol. The first kappa shape index (κ1) is 17.0. The van der Waals surface area contributed by atoms with Crippen molar-refractivity contribution in [1.82, 2.24) is 10.2 Å². The molecule has 5 heteroatoms. The zero-order valence-electron chi connectivity index (χ0n) is 16.2. The molecule has 3 N–H and O–H groups in total. The Morgan fingerprint density at radius 2 is 1.81 bits per heavy atom. The molecule has 1 aliphatic heterocycles. The number of fused-ring (bicyclic) bond motifs is 1. The lowest BCUT2D eigenvalue weighted by Gasteiger charge is -2.63. The number of carbonyl (C=O) groups is 2. The van der Waals surface area contributed by atoms with Crippen LogP contribution in [0.1, 0.15) is 65.2 Å². The molecule has 0 aromatic heterocycles. The van der Waals surface area contributed by atoms with Crippen molar-refractivity contribution < 1.29 is 9.59 Å². The van der Waals surface area contributed by atoms with Crippen molar-refractivity contribution in [2.24, 2.45) is 34.8 Å². The maximum atomic E-state index is 13.2. The minimum atomic E-state index is -0.386. The van der Waals surface area contributed by atoms with Gasteiger partial charge in [-0.3, -0.25) is 9.59 Å². The Morgan fingerprint density at radius 3 is 2.35 bits per heavy atom. The normalized spacial score (nSPS) is 46.4. The van der Waals surface area contributed by atoms with Crippen LogP contribution in [-0.4, -0.2) is 40.9 Å². The van der Waals surface area contributed by atoms with E-state index in [2.05, 4.69) is 10.2 Å². The summed E-state index contributed by atoms with van der Waals surface area (Å²) in [5.41, 5.74) is 6.51. The topological polar surface area (TPSA) is 75.4 Å². The van der Waals surface area contributed by atoms with Gasteiger partial charge < -0.3 is 16.0 Å². The van der Waals surface area contributed by atoms with Crippen LogP contribution in [0.5, 0.6) is 0 Å². The summed E-state index contributed by atoms with van der Waals surface area (Å²) < 4.78 is 0. The minimum Gasteiger partial charge on any atom is -0.350 e. The average Bonchev–Trinajstić information content (AvgIpc) is 3.22. The standard InChI is InChI=1S/C21H33N3O2/c1-12(2)18(25)23-21-9-13-5-14(10-21)8-20(7-13,11-21)17(22)19(26)24-4-3-15-6-16(15)24/h12-17H,3-11,22H2,1-2H3,(H,23,25)/t13?,14?,15?,16?,17-,20?,21?/m1/s1. The lowest BCUT2D eigenvalue weighted by atomic mass is 9.45. The van der Waals surface area contributed by atoms with Gasteiger partial charge in [0.15, 0.2) is 0 Å². The van der Waals surface area contributed by atoms with E-state index in [-0.39, 0.29) is 34.7 Å². The van der Waals surface area contributed by atoms with E-state index in [0.717, 1.165) is 51.0 Å². The molecule has 4 bridgehead atoms. The van der Waals surface area contributed by atoms with Crippen LogP contribution in [0, 0.1) is 29.1 Å². The number of likely N-dealkylation sites (tertiary alicyclic amines) is 1. The first-order valence-electron chi connectivity index (χ1n) is 10.7. The number of amides is 2. The summed E-state index contributed by atoms with van der Waals surface area (Å²) in [6.07, 6.45) is 8.84. The van der Waals surface area contributed by atoms with Gasteiger partial charge in [-0.1, -0.05) is 13.8 Å². The molecule has 5 aliphatic carbocycles. The monoisotopic (exact) mass is 359 g/mol. The van der Waals surface area contributed by atoms with Gasteiger partial charge in [-0.25, -0.2) is 0 Å². The Morgan fingerprint density at radius 1 is 1.12 bits per heavy atom. The number of nitrogens with two attached hydrogens (primary N) is 1. The van der Waals surface area contributed by atoms with Crippen LogP contribution in [0.15, 0.2) is 0 Å². The van der Waals surface area contributed by atoms with Gasteiger partial charge in [0.25, 0.3) is 0 Å². The lowest BCUT2D eigenvalue weighted by Crippen LogP contribution is -2.68. The van der Waals surface area contributed by atoms with E-state index >= 15 is 0 Å². The van der Waals surface area contributed by atoms with Crippen molar-refractivity contribution in [1.29, 1.82) is 0 Å². The van der Waals surface area contributed by atoms with E-state index in [1.54, 1.807) is 0 Å². The molecule has 4 unspecified atom stereocenters. The summed E-state index contributed by atoms with van der Waals surface area (Å²) in [6.45, 7) is 4.82. The summed E-state index contributed by atoms with van der Waals surface area (Å²) in [7, 11) is 0. The molecular formula is C21H33N3O2. The quantitative estimate of drug-likeness (QED) is 0.807. The second-order valence-corrected chi connectivity index (χ2v) is 10.6. The highest BCUT2D eigenvalue weighted by Gasteiger charge is 2.62. The number of hydrogen-bond donors (Lipinski definition) is 2. The second-order valence-electron chi connectivity index (χ2n) is 10.6. The van der Waals surface area contributed by atoms with Gasteiger partial charge in [0, 0.05) is 24.0 Å². The molecule has 6 aliphatic rings. The molecule has 6 fully saturated rings. The molecule has 144 valence electrons. The van der Waals surface area contributed by atoms with Gasteiger partial charge in [-0.05, 0) is 74.5 Å². The molecule has 5 nitrogen and oxygen atoms in total. The Labute approximate surface area is 156 Å². The van der Waals surface area contributed by atoms with Crippen molar-refractivity contribution in [3.63, 3.8) is 0 Å². The van der Waals surface area contributed by atoms with Gasteiger partial charge >= 0.3 is 0 Å². The summed E-state index contributed by atoms with van der Waals surface area (Å²) in [4.78, 5) is 27.8. The van der Waals surface area contributed by atoms with Crippen molar-refractivity contribution in [2.75, 3.05) is 6.54 Å². The molecular weight excluding hydrogens is 326 g/mol. The zero-order chi connectivity index (χ0) is 18.3. The maximum Gasteiger partial charge on any atom is 0.240 e. The molecule has 0 spiro atoms. The molecule has 5 atom stereocenters. The number of hydrogen-bond acceptors (Lipinski definition) is 3. The lowest BCUT2D eigenvalue weighted by molar-refractivity contribution is -0.148. The third-order valence-corrected chi connectivity index (χ3v) is 8.25. The van der Waals surface area contributed by atoms with Gasteiger partial charge in [0.2, 0.25) is 11.8 Å². The maximum absolute atomic E-state index is 13.2. The summed E-state index contributed by atoms with van der Waals surface area (Å²) in [6, 6.07) is 0.0974. The van der Waals surface area contributed by atoms with Crippen LogP contribution in [0.25, 0.3) is 0 Å². The number of nitrogens with zero attached hydrogens (tertiary/aromatic N) is 1. The van der Waals surface area contributed by atoms with Crippen LogP contribution in [0.3, 0.4) is 0 Å². The minimum absolute atomic E-state index is 0.00524. The third-order valence-electron chi connectivity index (χ3n) is 8.25. The highest BCUT2D eigenvalue weighted by molar-refractivity contribution is 5.84. The molecule has 0 aromatic rings. The van der Waals surface area contributed by atoms with E-state index in [1.165, 1.54) is 12.8 Å². The largest absolute Gasteiger partial charge is 0.350 e. The van der Waals surface area contributed by atoms with Crippen molar-refractivity contribution in [2.45, 2.75) is 82.8 Å². The molecule has 1 heterocycles. The molecule has 26 heavy (non-hydrogen) atoms. The molecule has 6 rings (SSSR count). The average molecular weight is 360 g/mol. The van der Waals surface area contributed by atoms with Crippen LogP contribution >= 0.6 is 0 Å². The first-order chi connectivity index (χ1) is 12.3. The predicted octanol–water partition coefficient (Wildman–Crippen LogP) is 2.05. The SMILES string of the molecule is CC(C)C(=O)NC12CC3CC(C1)CC([C@H](N)C(=O)N1CCC4CC41)(C3)C2. The van der Waals surface area contributed by atoms with Crippen LogP contribution < -0.4 is 11.1 Å². The number of rotatable bonds is 4. The molecule has 2 amide bonds. The van der Waals surface area contributed by atoms with E-state index < -0.39 is 0 Å². The molecule has 0 radical (unpaired) electrons. The fourth-order valence-corrected chi connectivity index (χ4v) is 7.36. The van der Waals surface area contributed by atoms with E-state index in [4.69, 9.17) is 5.73 Å². The fourth-order valence-electron chi connectivity index (χ4n) is 7.36. The summed E-state index contributed by atoms with van der Waals surface area (Å²) in [5.74, 6) is 2.35. The van der Waals surface area contributed by atoms with Crippen molar-refractivity contribution in [3.8, 4) is 0 Å². The number of nitrogens with one attached hydrogen (secondary N) is 1. The first-order valence-corrected chi connectivity index (χ1v) is 10.7. The van der Waals surface area contributed by atoms with Crippen LogP contribution in [0.2, 0.25) is 0 Å². The molecule has 0 aromatic carbocycles. The Hall–Kier alpha value is -1.10. The van der Waals surface area contributed by atoms with Crippen molar-refractivity contribution in [3.05, 3.63) is 0 Å². The van der Waals surface area contributed by atoms with Crippen molar-refractivity contribution >= 4 is 11.8 Å². The Bertz CT molecular complexity index is 631. The fraction of sp³-hybridized carbons (Fsp3) is 0.905. The van der Waals surface area contributed by atoms with Crippen LogP contribution in [-0.2, 0) is 9.59 Å². The van der Waals surface area contributed by atoms with E-state index in [0.29, 0.717) is 17.9 Å². The number of carbonyl (C=O) groups excluding carboxylic acids is 2. The highest BCUT2D eigenvalue weighted by Crippen LogP contribution is 2.63. The summed E-state index contributed by atoms with van der Waals surface area (Å²) >= 11 is 0. The molecule has 5 saturated carbocycles. The second kappa shape index (κ2) is 5.46. The molecule has 1 saturated heterocycles. The number of piperidine rings is 1. The smallest absolute Gasteiger partial charge is 0.240 e. The Balaban J connectivity index is 1.39. The van der Waals surface area contributed by atoms with Gasteiger partial charge in [0.05, 0.1) is 6.04 Å². The van der Waals surface area contributed by atoms with Gasteiger partial charge in [-0.15, -0.1) is 0 Å². The summed E-state index contributed by atoms with van der Waals surface area (Å²) in [5, 5.41) is 3.41. The zero-order valence-corrected chi connectivity index (χ0v) is 16.2. The highest BCUT2D eigenvalue weighted by atomic mass is 16.2. The third kappa shape index (κ3) is 2.45. The van der Waals surface area contributed by atoms with Crippen LogP contribution in [0.4, 0.5) is 0 Å². The Kier molecular flexibility index (Phi) is 3.58. The van der Waals surface area contributed by atoms with E-state index in [9.17, 15) is 9.59 Å². The van der Waals surface area contributed by atoms with Gasteiger partial charge in [-0.2, -0.15) is 0 Å². The van der Waals surface area contributed by atoms with E-state index in [1.807, 2.05) is 13.8 Å². The van der Waals surface area contributed by atoms with Gasteiger partial charge in [0.1, 0.15) is 0 Å².